The van der Waals surface area contributed by atoms with Crippen molar-refractivity contribution in [1.82, 2.24) is 5.32 Å². The number of halogens is 3. The number of ketones is 1. The number of hydrogen-bond donors (Lipinski definition) is 1. The zero-order valence-corrected chi connectivity index (χ0v) is 13.5. The molecule has 1 rings (SSSR count). The van der Waals surface area contributed by atoms with Crippen molar-refractivity contribution in [1.29, 1.82) is 0 Å². The molecule has 19 heavy (non-hydrogen) atoms. The molecule has 1 aromatic carbocycles. The molecule has 0 fully saturated rings. The Bertz CT molecular complexity index is 421. The molecular weight excluding hydrogens is 305 g/mol. The molecule has 106 valence electrons. The molecule has 0 aromatic heterocycles. The van der Waals surface area contributed by atoms with Crippen molar-refractivity contribution in [3.05, 3.63) is 35.9 Å². The third-order valence-corrected chi connectivity index (χ3v) is 3.28. The molecule has 0 bridgehead atoms. The normalized spacial score (nSPS) is 14.2. The topological polar surface area (TPSA) is 29.1 Å². The third kappa shape index (κ3) is 6.13. The number of nitrogens with one attached hydrogen (secondary N) is 1. The Morgan fingerprint density at radius 3 is 2.11 bits per heavy atom. The highest BCUT2D eigenvalue weighted by molar-refractivity contribution is 6.68. The Balaban J connectivity index is 2.82. The van der Waals surface area contributed by atoms with Crippen molar-refractivity contribution in [3.8, 4) is 0 Å². The average Bonchev–Trinajstić information content (AvgIpc) is 2.26. The summed E-state index contributed by atoms with van der Waals surface area (Å²) in [5, 5.41) is 3.18. The molecule has 0 heterocycles. The number of rotatable bonds is 4. The van der Waals surface area contributed by atoms with Crippen LogP contribution in [0.2, 0.25) is 0 Å². The van der Waals surface area contributed by atoms with Crippen LogP contribution in [0.3, 0.4) is 0 Å². The largest absolute Gasteiger partial charge is 0.305 e. The molecule has 0 aliphatic rings. The molecule has 1 unspecified atom stereocenters. The minimum Gasteiger partial charge on any atom is -0.305 e. The maximum atomic E-state index is 12.2. The van der Waals surface area contributed by atoms with Crippen LogP contribution in [-0.4, -0.2) is 21.2 Å². The Kier molecular flexibility index (Phi) is 5.69. The summed E-state index contributed by atoms with van der Waals surface area (Å²) < 4.78 is -1.53. The Morgan fingerprint density at radius 1 is 1.16 bits per heavy atom. The molecule has 0 aliphatic heterocycles. The van der Waals surface area contributed by atoms with Crippen molar-refractivity contribution in [3.63, 3.8) is 0 Å². The van der Waals surface area contributed by atoms with Gasteiger partial charge in [0.05, 0.1) is 6.04 Å². The van der Waals surface area contributed by atoms with Gasteiger partial charge in [0.25, 0.3) is 0 Å². The number of Topliss-reactive ketones (excluding diaryl/α,β-unsaturated/α-hetero) is 1. The van der Waals surface area contributed by atoms with E-state index in [1.165, 1.54) is 0 Å². The lowest BCUT2D eigenvalue weighted by molar-refractivity contribution is 0.0964. The van der Waals surface area contributed by atoms with Crippen LogP contribution in [-0.2, 0) is 0 Å². The first-order valence-electron chi connectivity index (χ1n) is 6.02. The second-order valence-corrected chi connectivity index (χ2v) is 7.85. The van der Waals surface area contributed by atoms with Crippen LogP contribution in [0.15, 0.2) is 30.3 Å². The average molecular weight is 323 g/mol. The van der Waals surface area contributed by atoms with E-state index in [9.17, 15) is 4.79 Å². The number of alkyl halides is 3. The van der Waals surface area contributed by atoms with E-state index in [1.54, 1.807) is 12.1 Å². The maximum Gasteiger partial charge on any atom is 0.206 e. The standard InChI is InChI=1S/C14H18Cl3NO/c1-13(2,3)18-12(14(15,16)17)9-11(19)10-7-5-4-6-8-10/h4-8,12,18H,9H2,1-3H3. The number of hydrogen-bond acceptors (Lipinski definition) is 2. The summed E-state index contributed by atoms with van der Waals surface area (Å²) in [5.41, 5.74) is 0.378. The third-order valence-electron chi connectivity index (χ3n) is 2.49. The molecule has 0 amide bonds. The first-order chi connectivity index (χ1) is 8.59. The second kappa shape index (κ2) is 6.45. The molecule has 0 saturated heterocycles. The van der Waals surface area contributed by atoms with Gasteiger partial charge in [-0.15, -0.1) is 0 Å². The van der Waals surface area contributed by atoms with Gasteiger partial charge in [0, 0.05) is 17.5 Å². The minimum absolute atomic E-state index is 0.0475. The second-order valence-electron chi connectivity index (χ2n) is 5.48. The van der Waals surface area contributed by atoms with E-state index in [1.807, 2.05) is 39.0 Å². The van der Waals surface area contributed by atoms with E-state index < -0.39 is 9.83 Å². The molecule has 2 nitrogen and oxygen atoms in total. The van der Waals surface area contributed by atoms with E-state index >= 15 is 0 Å². The molecule has 1 atom stereocenters. The Hall–Kier alpha value is -0.280. The molecule has 1 aromatic rings. The van der Waals surface area contributed by atoms with Gasteiger partial charge in [-0.1, -0.05) is 65.1 Å². The lowest BCUT2D eigenvalue weighted by Crippen LogP contribution is -2.50. The molecule has 5 heteroatoms. The van der Waals surface area contributed by atoms with E-state index in [0.29, 0.717) is 5.56 Å². The summed E-state index contributed by atoms with van der Waals surface area (Å²) in [6, 6.07) is 8.47. The highest BCUT2D eigenvalue weighted by atomic mass is 35.6. The van der Waals surface area contributed by atoms with Crippen LogP contribution < -0.4 is 5.32 Å². The predicted octanol–water partition coefficient (Wildman–Crippen LogP) is 4.39. The highest BCUT2D eigenvalue weighted by Crippen LogP contribution is 2.33. The predicted molar refractivity (Wildman–Crippen MR) is 82.4 cm³/mol. The lowest BCUT2D eigenvalue weighted by Gasteiger charge is -2.32. The summed E-state index contributed by atoms with van der Waals surface area (Å²) in [5.74, 6) is -0.0475. The van der Waals surface area contributed by atoms with Crippen LogP contribution in [0.25, 0.3) is 0 Å². The van der Waals surface area contributed by atoms with Gasteiger partial charge in [0.1, 0.15) is 0 Å². The fourth-order valence-electron chi connectivity index (χ4n) is 1.70. The molecule has 0 radical (unpaired) electrons. The number of benzene rings is 1. The smallest absolute Gasteiger partial charge is 0.206 e. The molecule has 0 saturated carbocycles. The molecule has 1 N–H and O–H groups in total. The van der Waals surface area contributed by atoms with E-state index in [0.717, 1.165) is 0 Å². The minimum atomic E-state index is -1.53. The summed E-state index contributed by atoms with van der Waals surface area (Å²) >= 11 is 17.9. The van der Waals surface area contributed by atoms with Crippen molar-refractivity contribution in [2.75, 3.05) is 0 Å². The monoisotopic (exact) mass is 321 g/mol. The summed E-state index contributed by atoms with van der Waals surface area (Å²) in [7, 11) is 0. The SMILES string of the molecule is CC(C)(C)NC(CC(=O)c1ccccc1)C(Cl)(Cl)Cl. The lowest BCUT2D eigenvalue weighted by atomic mass is 10.0. The van der Waals surface area contributed by atoms with Gasteiger partial charge in [0.15, 0.2) is 5.78 Å². The van der Waals surface area contributed by atoms with Gasteiger partial charge in [-0.25, -0.2) is 0 Å². The van der Waals surface area contributed by atoms with Gasteiger partial charge >= 0.3 is 0 Å². The van der Waals surface area contributed by atoms with E-state index in [-0.39, 0.29) is 17.7 Å². The molecule has 0 aliphatic carbocycles. The van der Waals surface area contributed by atoms with Gasteiger partial charge in [-0.05, 0) is 20.8 Å². The summed E-state index contributed by atoms with van der Waals surface area (Å²) in [6.45, 7) is 5.89. The zero-order chi connectivity index (χ0) is 14.7. The zero-order valence-electron chi connectivity index (χ0n) is 11.2. The van der Waals surface area contributed by atoms with Crippen LogP contribution >= 0.6 is 34.8 Å². The number of carbonyl (C=O) groups excluding carboxylic acids is 1. The molecule has 0 spiro atoms. The Labute approximate surface area is 129 Å². The van der Waals surface area contributed by atoms with Crippen LogP contribution in [0.1, 0.15) is 37.6 Å². The fraction of sp³-hybridized carbons (Fsp3) is 0.500. The number of carbonyl (C=O) groups is 1. The van der Waals surface area contributed by atoms with Crippen LogP contribution in [0.5, 0.6) is 0 Å². The van der Waals surface area contributed by atoms with Crippen molar-refractivity contribution >= 4 is 40.6 Å². The van der Waals surface area contributed by atoms with Gasteiger partial charge in [-0.3, -0.25) is 4.79 Å². The van der Waals surface area contributed by atoms with Crippen molar-refractivity contribution < 1.29 is 4.79 Å². The maximum absolute atomic E-state index is 12.2. The van der Waals surface area contributed by atoms with Gasteiger partial charge in [-0.2, -0.15) is 0 Å². The van der Waals surface area contributed by atoms with Crippen LogP contribution in [0.4, 0.5) is 0 Å². The van der Waals surface area contributed by atoms with Gasteiger partial charge < -0.3 is 5.32 Å². The Morgan fingerprint density at radius 2 is 1.68 bits per heavy atom. The van der Waals surface area contributed by atoms with Crippen LogP contribution in [0, 0.1) is 0 Å². The molecular formula is C14H18Cl3NO. The first kappa shape index (κ1) is 16.8. The quantitative estimate of drug-likeness (QED) is 0.658. The highest BCUT2D eigenvalue weighted by Gasteiger charge is 2.36. The summed E-state index contributed by atoms with van der Waals surface area (Å²) in [4.78, 5) is 12.2. The fourth-order valence-corrected chi connectivity index (χ4v) is 2.09. The van der Waals surface area contributed by atoms with Crippen molar-refractivity contribution in [2.24, 2.45) is 0 Å². The van der Waals surface area contributed by atoms with Gasteiger partial charge in [0.2, 0.25) is 3.79 Å². The summed E-state index contributed by atoms with van der Waals surface area (Å²) in [6.07, 6.45) is 0.137. The van der Waals surface area contributed by atoms with E-state index in [4.69, 9.17) is 34.8 Å². The first-order valence-corrected chi connectivity index (χ1v) is 7.15. The van der Waals surface area contributed by atoms with E-state index in [2.05, 4.69) is 5.32 Å². The van der Waals surface area contributed by atoms with Crippen molar-refractivity contribution in [2.45, 2.75) is 42.6 Å².